The Hall–Kier alpha value is -1.21. The summed E-state index contributed by atoms with van der Waals surface area (Å²) in [6, 6.07) is 9.99. The van der Waals surface area contributed by atoms with Gasteiger partial charge in [-0.2, -0.15) is 0 Å². The number of hydrogen-bond acceptors (Lipinski definition) is 4. The quantitative estimate of drug-likeness (QED) is 0.834. The first kappa shape index (κ1) is 15.7. The van der Waals surface area contributed by atoms with E-state index in [-0.39, 0.29) is 12.1 Å². The summed E-state index contributed by atoms with van der Waals surface area (Å²) in [5.74, 6) is 0. The van der Waals surface area contributed by atoms with Gasteiger partial charge in [-0.05, 0) is 36.5 Å². The molecule has 7 heteroatoms. The molecule has 1 aliphatic rings. The fourth-order valence-corrected chi connectivity index (χ4v) is 4.18. The minimum atomic E-state index is 0.0141. The highest BCUT2D eigenvalue weighted by molar-refractivity contribution is 7.80. The molecular formula is C15H16ClN3OS2. The van der Waals surface area contributed by atoms with E-state index >= 15 is 0 Å². The summed E-state index contributed by atoms with van der Waals surface area (Å²) in [5.41, 5.74) is 0.972. The molecule has 0 spiro atoms. The van der Waals surface area contributed by atoms with Crippen molar-refractivity contribution in [2.24, 2.45) is 0 Å². The molecule has 3 heterocycles. The zero-order valence-corrected chi connectivity index (χ0v) is 14.4. The molecule has 2 aromatic heterocycles. The van der Waals surface area contributed by atoms with E-state index in [1.807, 2.05) is 24.3 Å². The standard InChI is InChI=1S/C15H16ClN3OS2/c1-20-9-8-19-14(11-5-6-12(16)22-11)13(18-15(19)21)10-4-2-3-7-17-10/h2-7,13-14H,8-9H2,1H3,(H,18,21)/t13-,14-/m0/s1. The minimum absolute atomic E-state index is 0.0141. The average Bonchev–Trinajstić information content (AvgIpc) is 3.09. The maximum Gasteiger partial charge on any atom is 0.170 e. The van der Waals surface area contributed by atoms with Gasteiger partial charge in [0.25, 0.3) is 0 Å². The number of nitrogens with one attached hydrogen (secondary N) is 1. The van der Waals surface area contributed by atoms with E-state index < -0.39 is 0 Å². The Morgan fingerprint density at radius 1 is 1.41 bits per heavy atom. The Morgan fingerprint density at radius 2 is 2.27 bits per heavy atom. The first-order valence-corrected chi connectivity index (χ1v) is 8.53. The Labute approximate surface area is 144 Å². The van der Waals surface area contributed by atoms with Gasteiger partial charge < -0.3 is 15.0 Å². The molecule has 3 rings (SSSR count). The van der Waals surface area contributed by atoms with Crippen LogP contribution < -0.4 is 5.32 Å². The summed E-state index contributed by atoms with van der Waals surface area (Å²) in [4.78, 5) is 7.81. The van der Waals surface area contributed by atoms with Crippen LogP contribution in [0.1, 0.15) is 22.7 Å². The van der Waals surface area contributed by atoms with E-state index in [9.17, 15) is 0 Å². The number of methoxy groups -OCH3 is 1. The fraction of sp³-hybridized carbons (Fsp3) is 0.333. The molecule has 0 radical (unpaired) electrons. The van der Waals surface area contributed by atoms with Crippen LogP contribution in [0.3, 0.4) is 0 Å². The van der Waals surface area contributed by atoms with Crippen LogP contribution in [0.15, 0.2) is 36.5 Å². The van der Waals surface area contributed by atoms with Gasteiger partial charge in [0.15, 0.2) is 5.11 Å². The zero-order valence-electron chi connectivity index (χ0n) is 12.0. The molecule has 1 fully saturated rings. The highest BCUT2D eigenvalue weighted by atomic mass is 35.5. The summed E-state index contributed by atoms with van der Waals surface area (Å²) >= 11 is 13.2. The lowest BCUT2D eigenvalue weighted by atomic mass is 10.0. The molecule has 1 saturated heterocycles. The number of aromatic nitrogens is 1. The average molecular weight is 354 g/mol. The third-order valence-electron chi connectivity index (χ3n) is 3.62. The lowest BCUT2D eigenvalue weighted by Gasteiger charge is -2.26. The van der Waals surface area contributed by atoms with Crippen LogP contribution >= 0.6 is 35.2 Å². The van der Waals surface area contributed by atoms with E-state index in [1.165, 1.54) is 4.88 Å². The van der Waals surface area contributed by atoms with Crippen molar-refractivity contribution in [1.29, 1.82) is 0 Å². The van der Waals surface area contributed by atoms with E-state index in [0.29, 0.717) is 6.61 Å². The molecule has 2 atom stereocenters. The predicted octanol–water partition coefficient (Wildman–Crippen LogP) is 3.42. The predicted molar refractivity (Wildman–Crippen MR) is 93.4 cm³/mol. The third kappa shape index (κ3) is 3.10. The number of pyridine rings is 1. The lowest BCUT2D eigenvalue weighted by molar-refractivity contribution is 0.164. The van der Waals surface area contributed by atoms with Gasteiger partial charge in [-0.25, -0.2) is 0 Å². The second-order valence-electron chi connectivity index (χ2n) is 4.95. The molecule has 0 saturated carbocycles. The molecule has 0 bridgehead atoms. The smallest absolute Gasteiger partial charge is 0.170 e. The van der Waals surface area contributed by atoms with Crippen LogP contribution in [-0.2, 0) is 4.74 Å². The van der Waals surface area contributed by atoms with Crippen LogP contribution in [0.2, 0.25) is 4.34 Å². The zero-order chi connectivity index (χ0) is 15.5. The third-order valence-corrected chi connectivity index (χ3v) is 5.27. The van der Waals surface area contributed by atoms with Crippen molar-refractivity contribution in [3.05, 3.63) is 51.4 Å². The Morgan fingerprint density at radius 3 is 2.91 bits per heavy atom. The maximum atomic E-state index is 6.13. The summed E-state index contributed by atoms with van der Waals surface area (Å²) < 4.78 is 5.99. The summed E-state index contributed by atoms with van der Waals surface area (Å²) in [6.45, 7) is 1.35. The first-order valence-electron chi connectivity index (χ1n) is 6.93. The van der Waals surface area contributed by atoms with E-state index in [1.54, 1.807) is 24.6 Å². The van der Waals surface area contributed by atoms with Crippen molar-refractivity contribution in [3.8, 4) is 0 Å². The first-order chi connectivity index (χ1) is 10.7. The van der Waals surface area contributed by atoms with Crippen molar-refractivity contribution in [2.75, 3.05) is 20.3 Å². The topological polar surface area (TPSA) is 37.4 Å². The number of ether oxygens (including phenoxy) is 1. The highest BCUT2D eigenvalue weighted by Crippen LogP contribution is 2.41. The Balaban J connectivity index is 1.96. The SMILES string of the molecule is COCCN1C(=S)N[C@@H](c2ccccn2)[C@@H]1c1ccc(Cl)s1. The molecule has 0 amide bonds. The van der Waals surface area contributed by atoms with Crippen LogP contribution in [0.4, 0.5) is 0 Å². The van der Waals surface area contributed by atoms with Gasteiger partial charge in [0.05, 0.1) is 28.7 Å². The second kappa shape index (κ2) is 6.91. The Bertz CT molecular complexity index is 649. The highest BCUT2D eigenvalue weighted by Gasteiger charge is 2.40. The van der Waals surface area contributed by atoms with Crippen LogP contribution in [-0.4, -0.2) is 35.3 Å². The number of nitrogens with zero attached hydrogens (tertiary/aromatic N) is 2. The van der Waals surface area contributed by atoms with Crippen LogP contribution in [0, 0.1) is 0 Å². The molecule has 2 aromatic rings. The monoisotopic (exact) mass is 353 g/mol. The van der Waals surface area contributed by atoms with Gasteiger partial charge in [-0.3, -0.25) is 4.98 Å². The summed E-state index contributed by atoms with van der Waals surface area (Å²) in [7, 11) is 1.69. The number of hydrogen-bond donors (Lipinski definition) is 1. The summed E-state index contributed by atoms with van der Waals surface area (Å²) in [6.07, 6.45) is 1.80. The minimum Gasteiger partial charge on any atom is -0.383 e. The number of thiocarbonyl (C=S) groups is 1. The molecule has 4 nitrogen and oxygen atoms in total. The van der Waals surface area contributed by atoms with Gasteiger partial charge in [0.1, 0.15) is 0 Å². The fourth-order valence-electron chi connectivity index (χ4n) is 2.63. The number of halogens is 1. The van der Waals surface area contributed by atoms with Crippen molar-refractivity contribution >= 4 is 40.3 Å². The molecule has 1 N–H and O–H groups in total. The van der Waals surface area contributed by atoms with Gasteiger partial charge >= 0.3 is 0 Å². The van der Waals surface area contributed by atoms with Crippen molar-refractivity contribution < 1.29 is 4.74 Å². The normalized spacial score (nSPS) is 21.2. The number of thiophene rings is 1. The molecule has 0 aliphatic carbocycles. The second-order valence-corrected chi connectivity index (χ2v) is 7.09. The van der Waals surface area contributed by atoms with E-state index in [0.717, 1.165) is 21.7 Å². The molecule has 116 valence electrons. The molecule has 0 unspecified atom stereocenters. The van der Waals surface area contributed by atoms with Gasteiger partial charge in [-0.15, -0.1) is 11.3 Å². The molecule has 1 aliphatic heterocycles. The lowest BCUT2D eigenvalue weighted by Crippen LogP contribution is -2.32. The van der Waals surface area contributed by atoms with Crippen molar-refractivity contribution in [2.45, 2.75) is 12.1 Å². The van der Waals surface area contributed by atoms with Crippen molar-refractivity contribution in [1.82, 2.24) is 15.2 Å². The molecule has 22 heavy (non-hydrogen) atoms. The van der Waals surface area contributed by atoms with Crippen LogP contribution in [0.5, 0.6) is 0 Å². The van der Waals surface area contributed by atoms with E-state index in [2.05, 4.69) is 21.3 Å². The summed E-state index contributed by atoms with van der Waals surface area (Å²) in [5, 5.41) is 4.11. The van der Waals surface area contributed by atoms with Crippen LogP contribution in [0.25, 0.3) is 0 Å². The molecule has 0 aromatic carbocycles. The maximum absolute atomic E-state index is 6.13. The van der Waals surface area contributed by atoms with Gasteiger partial charge in [0, 0.05) is 24.7 Å². The Kier molecular flexibility index (Phi) is 4.93. The van der Waals surface area contributed by atoms with Crippen molar-refractivity contribution in [3.63, 3.8) is 0 Å². The molecular weight excluding hydrogens is 338 g/mol. The largest absolute Gasteiger partial charge is 0.383 e. The van der Waals surface area contributed by atoms with Gasteiger partial charge in [-0.1, -0.05) is 17.7 Å². The number of rotatable bonds is 5. The van der Waals surface area contributed by atoms with E-state index in [4.69, 9.17) is 28.6 Å². The van der Waals surface area contributed by atoms with Gasteiger partial charge in [0.2, 0.25) is 0 Å².